The van der Waals surface area contributed by atoms with E-state index in [-0.39, 0.29) is 0 Å². The molecule has 3 saturated heterocycles. The molecule has 80 valence electrons. The number of nitrogens with one attached hydrogen (secondary N) is 1. The number of piperidine rings is 1. The van der Waals surface area contributed by atoms with Gasteiger partial charge in [0.05, 0.1) is 0 Å². The highest BCUT2D eigenvalue weighted by atomic mass is 16.5. The highest BCUT2D eigenvalue weighted by Crippen LogP contribution is 2.35. The second kappa shape index (κ2) is 3.82. The number of rotatable bonds is 2. The van der Waals surface area contributed by atoms with E-state index in [2.05, 4.69) is 5.32 Å². The van der Waals surface area contributed by atoms with E-state index < -0.39 is 0 Å². The van der Waals surface area contributed by atoms with E-state index in [4.69, 9.17) is 4.74 Å². The van der Waals surface area contributed by atoms with Crippen molar-refractivity contribution in [3.05, 3.63) is 0 Å². The maximum Gasteiger partial charge on any atom is 0.0495 e. The molecule has 0 saturated carbocycles. The topological polar surface area (TPSA) is 21.3 Å². The summed E-state index contributed by atoms with van der Waals surface area (Å²) in [6, 6.07) is 1.72. The molecule has 2 nitrogen and oxygen atoms in total. The van der Waals surface area contributed by atoms with Gasteiger partial charge in [-0.3, -0.25) is 0 Å². The third kappa shape index (κ3) is 1.82. The van der Waals surface area contributed by atoms with Gasteiger partial charge in [-0.15, -0.1) is 0 Å². The summed E-state index contributed by atoms with van der Waals surface area (Å²) in [5.74, 6) is 1.89. The monoisotopic (exact) mass is 195 g/mol. The van der Waals surface area contributed by atoms with E-state index in [0.29, 0.717) is 0 Å². The van der Waals surface area contributed by atoms with Crippen molar-refractivity contribution in [3.63, 3.8) is 0 Å². The van der Waals surface area contributed by atoms with Crippen LogP contribution < -0.4 is 5.32 Å². The molecule has 2 heteroatoms. The minimum Gasteiger partial charge on any atom is -0.381 e. The van der Waals surface area contributed by atoms with Crippen molar-refractivity contribution in [2.75, 3.05) is 13.2 Å². The summed E-state index contributed by atoms with van der Waals surface area (Å²) in [6.07, 6.45) is 8.50. The molecule has 0 aromatic rings. The SMILES string of the molecule is C1CC(CC2CC3CCC(C2)N3)CO1. The fourth-order valence-corrected chi connectivity index (χ4v) is 3.61. The zero-order valence-corrected chi connectivity index (χ0v) is 8.87. The summed E-state index contributed by atoms with van der Waals surface area (Å²) in [6.45, 7) is 2.06. The van der Waals surface area contributed by atoms with Crippen molar-refractivity contribution in [2.45, 2.75) is 50.6 Å². The molecule has 0 spiro atoms. The predicted molar refractivity (Wildman–Crippen MR) is 56.2 cm³/mol. The van der Waals surface area contributed by atoms with Gasteiger partial charge in [0.1, 0.15) is 0 Å². The molecule has 14 heavy (non-hydrogen) atoms. The van der Waals surface area contributed by atoms with E-state index in [9.17, 15) is 0 Å². The fourth-order valence-electron chi connectivity index (χ4n) is 3.61. The van der Waals surface area contributed by atoms with Crippen LogP contribution in [0.15, 0.2) is 0 Å². The largest absolute Gasteiger partial charge is 0.381 e. The molecule has 0 aliphatic carbocycles. The molecule has 3 aliphatic rings. The van der Waals surface area contributed by atoms with Crippen molar-refractivity contribution in [1.29, 1.82) is 0 Å². The second-order valence-electron chi connectivity index (χ2n) is 5.44. The zero-order chi connectivity index (χ0) is 9.38. The van der Waals surface area contributed by atoms with Crippen molar-refractivity contribution in [2.24, 2.45) is 11.8 Å². The van der Waals surface area contributed by atoms with Crippen LogP contribution in [0.4, 0.5) is 0 Å². The molecule has 1 N–H and O–H groups in total. The maximum atomic E-state index is 5.45. The van der Waals surface area contributed by atoms with E-state index in [1.807, 2.05) is 0 Å². The molecule has 0 radical (unpaired) electrons. The Balaban J connectivity index is 1.53. The standard InChI is InChI=1S/C12H21NO/c1-2-12-7-10(6-11(1)13-12)5-9-3-4-14-8-9/h9-13H,1-8H2. The molecule has 3 heterocycles. The highest BCUT2D eigenvalue weighted by Gasteiger charge is 2.34. The lowest BCUT2D eigenvalue weighted by Gasteiger charge is -2.30. The molecule has 3 rings (SSSR count). The average molecular weight is 195 g/mol. The first-order valence-electron chi connectivity index (χ1n) is 6.24. The average Bonchev–Trinajstić information content (AvgIpc) is 2.77. The van der Waals surface area contributed by atoms with Crippen molar-refractivity contribution >= 4 is 0 Å². The van der Waals surface area contributed by atoms with Gasteiger partial charge in [-0.25, -0.2) is 0 Å². The van der Waals surface area contributed by atoms with Crippen molar-refractivity contribution < 1.29 is 4.74 Å². The van der Waals surface area contributed by atoms with Crippen LogP contribution in [0.25, 0.3) is 0 Å². The smallest absolute Gasteiger partial charge is 0.0495 e. The molecular formula is C12H21NO. The Morgan fingerprint density at radius 3 is 2.43 bits per heavy atom. The minimum atomic E-state index is 0.862. The molecule has 0 aromatic heterocycles. The van der Waals surface area contributed by atoms with E-state index in [0.717, 1.165) is 37.1 Å². The van der Waals surface area contributed by atoms with Crippen LogP contribution in [0.1, 0.15) is 38.5 Å². The summed E-state index contributed by atoms with van der Waals surface area (Å²) in [4.78, 5) is 0. The first kappa shape index (κ1) is 9.17. The lowest BCUT2D eigenvalue weighted by Crippen LogP contribution is -2.38. The normalized spacial score (nSPS) is 47.1. The zero-order valence-electron chi connectivity index (χ0n) is 8.87. The van der Waals surface area contributed by atoms with Gasteiger partial charge in [0.15, 0.2) is 0 Å². The van der Waals surface area contributed by atoms with E-state index >= 15 is 0 Å². The fraction of sp³-hybridized carbons (Fsp3) is 1.00. The summed E-state index contributed by atoms with van der Waals surface area (Å²) in [5, 5.41) is 3.71. The Morgan fingerprint density at radius 2 is 1.79 bits per heavy atom. The number of hydrogen-bond acceptors (Lipinski definition) is 2. The second-order valence-corrected chi connectivity index (χ2v) is 5.44. The lowest BCUT2D eigenvalue weighted by atomic mass is 9.84. The minimum absolute atomic E-state index is 0.862. The van der Waals surface area contributed by atoms with Gasteiger partial charge < -0.3 is 10.1 Å². The summed E-state index contributed by atoms with van der Waals surface area (Å²) >= 11 is 0. The Bertz CT molecular complexity index is 188. The Hall–Kier alpha value is -0.0800. The molecular weight excluding hydrogens is 174 g/mol. The molecule has 2 bridgehead atoms. The molecule has 3 unspecified atom stereocenters. The molecule has 0 amide bonds. The summed E-state index contributed by atoms with van der Waals surface area (Å²) in [7, 11) is 0. The molecule has 3 aliphatic heterocycles. The van der Waals surface area contributed by atoms with E-state index in [1.165, 1.54) is 38.5 Å². The van der Waals surface area contributed by atoms with Crippen LogP contribution in [-0.4, -0.2) is 25.3 Å². The van der Waals surface area contributed by atoms with Crippen LogP contribution in [-0.2, 0) is 4.74 Å². The van der Waals surface area contributed by atoms with Crippen LogP contribution >= 0.6 is 0 Å². The number of ether oxygens (including phenoxy) is 1. The van der Waals surface area contributed by atoms with Gasteiger partial charge in [0.25, 0.3) is 0 Å². The number of fused-ring (bicyclic) bond motifs is 2. The van der Waals surface area contributed by atoms with Gasteiger partial charge in [-0.1, -0.05) is 0 Å². The molecule has 3 atom stereocenters. The van der Waals surface area contributed by atoms with Gasteiger partial charge >= 0.3 is 0 Å². The summed E-state index contributed by atoms with van der Waals surface area (Å²) in [5.41, 5.74) is 0. The predicted octanol–water partition coefficient (Wildman–Crippen LogP) is 1.94. The van der Waals surface area contributed by atoms with Crippen LogP contribution in [0.2, 0.25) is 0 Å². The molecule has 0 aromatic carbocycles. The van der Waals surface area contributed by atoms with E-state index in [1.54, 1.807) is 0 Å². The van der Waals surface area contributed by atoms with Crippen LogP contribution in [0, 0.1) is 11.8 Å². The molecule has 3 fully saturated rings. The van der Waals surface area contributed by atoms with Gasteiger partial charge in [-0.2, -0.15) is 0 Å². The first-order chi connectivity index (χ1) is 6.90. The maximum absolute atomic E-state index is 5.45. The third-order valence-corrected chi connectivity index (χ3v) is 4.26. The van der Waals surface area contributed by atoms with Crippen molar-refractivity contribution in [3.8, 4) is 0 Å². The first-order valence-corrected chi connectivity index (χ1v) is 6.24. The van der Waals surface area contributed by atoms with Crippen molar-refractivity contribution in [1.82, 2.24) is 5.32 Å². The van der Waals surface area contributed by atoms with Gasteiger partial charge in [0.2, 0.25) is 0 Å². The third-order valence-electron chi connectivity index (χ3n) is 4.26. The summed E-state index contributed by atoms with van der Waals surface area (Å²) < 4.78 is 5.45. The van der Waals surface area contributed by atoms with Gasteiger partial charge in [-0.05, 0) is 50.4 Å². The lowest BCUT2D eigenvalue weighted by molar-refractivity contribution is 0.173. The highest BCUT2D eigenvalue weighted by molar-refractivity contribution is 4.92. The quantitative estimate of drug-likeness (QED) is 0.727. The van der Waals surface area contributed by atoms with Crippen LogP contribution in [0.3, 0.4) is 0 Å². The number of hydrogen-bond donors (Lipinski definition) is 1. The Kier molecular flexibility index (Phi) is 2.50. The Morgan fingerprint density at radius 1 is 1.00 bits per heavy atom. The van der Waals surface area contributed by atoms with Crippen LogP contribution in [0.5, 0.6) is 0 Å². The Labute approximate surface area is 86.4 Å². The van der Waals surface area contributed by atoms with Gasteiger partial charge in [0, 0.05) is 25.3 Å².